The van der Waals surface area contributed by atoms with Crippen molar-refractivity contribution in [3.63, 3.8) is 0 Å². The minimum Gasteiger partial charge on any atom is -0.423 e. The zero-order chi connectivity index (χ0) is 26.9. The summed E-state index contributed by atoms with van der Waals surface area (Å²) in [5, 5.41) is 6.61. The number of para-hydroxylation sites is 2. The Morgan fingerprint density at radius 3 is 2.66 bits per heavy atom. The second-order valence-electron chi connectivity index (χ2n) is 9.22. The van der Waals surface area contributed by atoms with E-state index >= 15 is 0 Å². The highest BCUT2D eigenvalue weighted by molar-refractivity contribution is 6.09. The van der Waals surface area contributed by atoms with Crippen LogP contribution >= 0.6 is 0 Å². The quantitative estimate of drug-likeness (QED) is 0.268. The number of carbonyl (C=O) groups excluding carboxylic acids is 1. The molecule has 2 heterocycles. The first-order valence-corrected chi connectivity index (χ1v) is 13.1. The average molecular weight is 513 g/mol. The second-order valence-corrected chi connectivity index (χ2v) is 9.22. The van der Waals surface area contributed by atoms with Crippen LogP contribution in [0.4, 0.5) is 6.01 Å². The van der Waals surface area contributed by atoms with Gasteiger partial charge < -0.3 is 25.7 Å². The molecule has 1 aliphatic heterocycles. The number of nitrogens with two attached hydrogens (primary N) is 1. The third-order valence-corrected chi connectivity index (χ3v) is 6.28. The van der Waals surface area contributed by atoms with E-state index in [4.69, 9.17) is 15.1 Å². The van der Waals surface area contributed by atoms with Crippen molar-refractivity contribution < 1.29 is 9.21 Å². The van der Waals surface area contributed by atoms with E-state index in [1.54, 1.807) is 6.08 Å². The van der Waals surface area contributed by atoms with Crippen LogP contribution in [0.1, 0.15) is 49.0 Å². The highest BCUT2D eigenvalue weighted by atomic mass is 16.4. The van der Waals surface area contributed by atoms with Crippen LogP contribution in [-0.2, 0) is 0 Å². The molecule has 4 N–H and O–H groups in total. The summed E-state index contributed by atoms with van der Waals surface area (Å²) in [6.45, 7) is 11.1. The molecule has 0 atom stereocenters. The minimum absolute atomic E-state index is 0.0445. The maximum atomic E-state index is 13.0. The lowest BCUT2D eigenvalue weighted by atomic mass is 10.1. The van der Waals surface area contributed by atoms with Gasteiger partial charge in [0.1, 0.15) is 11.2 Å². The molecule has 0 spiro atoms. The van der Waals surface area contributed by atoms with Crippen molar-refractivity contribution >= 4 is 28.7 Å². The number of amides is 1. The molecular weight excluding hydrogens is 476 g/mol. The van der Waals surface area contributed by atoms with E-state index in [0.717, 1.165) is 50.0 Å². The molecule has 198 valence electrons. The van der Waals surface area contributed by atoms with E-state index in [9.17, 15) is 4.79 Å². The first-order valence-electron chi connectivity index (χ1n) is 13.1. The van der Waals surface area contributed by atoms with E-state index < -0.39 is 0 Å². The van der Waals surface area contributed by atoms with Gasteiger partial charge in [0, 0.05) is 36.5 Å². The topological polar surface area (TPSA) is 109 Å². The van der Waals surface area contributed by atoms with E-state index in [0.29, 0.717) is 46.5 Å². The molecule has 0 saturated carbocycles. The molecule has 2 aromatic carbocycles. The molecule has 0 bridgehead atoms. The van der Waals surface area contributed by atoms with Crippen molar-refractivity contribution in [3.8, 4) is 0 Å². The van der Waals surface area contributed by atoms with Crippen molar-refractivity contribution in [2.24, 2.45) is 10.7 Å². The Balaban J connectivity index is 1.60. The largest absolute Gasteiger partial charge is 0.423 e. The molecule has 8 nitrogen and oxygen atoms in total. The number of nitrogens with zero attached hydrogens (tertiary/aromatic N) is 3. The molecule has 1 aromatic heterocycles. The smallest absolute Gasteiger partial charge is 0.300 e. The monoisotopic (exact) mass is 512 g/mol. The molecule has 4 rings (SSSR count). The van der Waals surface area contributed by atoms with Gasteiger partial charge in [0.15, 0.2) is 5.58 Å². The number of anilines is 1. The summed E-state index contributed by atoms with van der Waals surface area (Å²) in [6.07, 6.45) is 6.47. The minimum atomic E-state index is 0.0445. The summed E-state index contributed by atoms with van der Waals surface area (Å²) < 4.78 is 5.88. The third kappa shape index (κ3) is 6.58. The summed E-state index contributed by atoms with van der Waals surface area (Å²) in [5.74, 6) is 0.0445. The Labute approximate surface area is 224 Å². The Hall–Kier alpha value is -4.17. The number of oxazole rings is 1. The molecular formula is C30H36N6O2. The Morgan fingerprint density at radius 1 is 1.18 bits per heavy atom. The van der Waals surface area contributed by atoms with Gasteiger partial charge in [0.25, 0.3) is 11.9 Å². The predicted octanol–water partition coefficient (Wildman–Crippen LogP) is 5.22. The summed E-state index contributed by atoms with van der Waals surface area (Å²) in [4.78, 5) is 24.3. The van der Waals surface area contributed by atoms with E-state index in [2.05, 4.69) is 29.1 Å². The highest BCUT2D eigenvalue weighted by Crippen LogP contribution is 2.24. The standard InChI is InChI=1S/C30H36N6O2/c1-4-6-10-26(35-30-34-25-11-7-8-12-27(25)38-30)28(21(3)31)33-24(5-2)22-13-15-23(16-14-22)29(37)36-19-9-17-32-18-20-36/h5,7-8,10-16,32H,2,4,6,9,17-20,31H2,1,3H3,(H,34,35)/b26-10-,28-21+,33-24?. The Kier molecular flexibility index (Phi) is 9.11. The summed E-state index contributed by atoms with van der Waals surface area (Å²) >= 11 is 0. The van der Waals surface area contributed by atoms with Gasteiger partial charge >= 0.3 is 0 Å². The molecule has 0 unspecified atom stereocenters. The zero-order valence-corrected chi connectivity index (χ0v) is 22.2. The summed E-state index contributed by atoms with van der Waals surface area (Å²) in [7, 11) is 0. The molecule has 1 aliphatic rings. The van der Waals surface area contributed by atoms with Crippen LogP contribution in [0, 0.1) is 0 Å². The lowest BCUT2D eigenvalue weighted by Gasteiger charge is -2.20. The molecule has 0 radical (unpaired) electrons. The number of allylic oxidation sites excluding steroid dienone is 3. The lowest BCUT2D eigenvalue weighted by molar-refractivity contribution is 0.0766. The number of aliphatic imine (C=N–C) groups is 1. The van der Waals surface area contributed by atoms with Crippen molar-refractivity contribution in [2.45, 2.75) is 33.1 Å². The fourth-order valence-corrected chi connectivity index (χ4v) is 4.26. The SMILES string of the molecule is C=CC(=NC(/C(=C/CCC)Nc1nc2ccccc2o1)=C(\C)N)c1ccc(C(=O)N2CCCNCC2)cc1. The lowest BCUT2D eigenvalue weighted by Crippen LogP contribution is -2.34. The normalized spacial score (nSPS) is 15.7. The number of hydrogen-bond acceptors (Lipinski definition) is 7. The number of nitrogens with one attached hydrogen (secondary N) is 2. The number of carbonyl (C=O) groups is 1. The van der Waals surface area contributed by atoms with Crippen molar-refractivity contribution in [3.05, 3.63) is 95.5 Å². The fraction of sp³-hybridized carbons (Fsp3) is 0.300. The molecule has 1 fully saturated rings. The van der Waals surface area contributed by atoms with E-state index in [1.807, 2.05) is 66.4 Å². The van der Waals surface area contributed by atoms with Crippen LogP contribution in [-0.4, -0.2) is 47.7 Å². The van der Waals surface area contributed by atoms with Crippen LogP contribution in [0.3, 0.4) is 0 Å². The highest BCUT2D eigenvalue weighted by Gasteiger charge is 2.18. The van der Waals surface area contributed by atoms with Gasteiger partial charge in [0.2, 0.25) is 0 Å². The zero-order valence-electron chi connectivity index (χ0n) is 22.2. The Morgan fingerprint density at radius 2 is 1.95 bits per heavy atom. The van der Waals surface area contributed by atoms with Gasteiger partial charge in [-0.3, -0.25) is 4.79 Å². The van der Waals surface area contributed by atoms with E-state index in [1.165, 1.54) is 0 Å². The average Bonchev–Trinajstić information content (AvgIpc) is 3.14. The summed E-state index contributed by atoms with van der Waals surface area (Å²) in [6, 6.07) is 15.5. The second kappa shape index (κ2) is 12.9. The molecule has 3 aromatic rings. The first-order chi connectivity index (χ1) is 18.5. The van der Waals surface area contributed by atoms with Gasteiger partial charge in [-0.1, -0.05) is 50.3 Å². The van der Waals surface area contributed by atoms with Gasteiger partial charge in [-0.15, -0.1) is 0 Å². The van der Waals surface area contributed by atoms with Crippen LogP contribution in [0.15, 0.2) is 93.8 Å². The number of unbranched alkanes of at least 4 members (excludes halogenated alkanes) is 1. The van der Waals surface area contributed by atoms with Crippen LogP contribution in [0.25, 0.3) is 11.1 Å². The van der Waals surface area contributed by atoms with Gasteiger partial charge in [-0.2, -0.15) is 4.98 Å². The fourth-order valence-electron chi connectivity index (χ4n) is 4.26. The summed E-state index contributed by atoms with van der Waals surface area (Å²) in [5.41, 5.74) is 11.8. The number of fused-ring (bicyclic) bond motifs is 1. The Bertz CT molecular complexity index is 1320. The van der Waals surface area contributed by atoms with Crippen LogP contribution in [0.2, 0.25) is 0 Å². The van der Waals surface area contributed by atoms with Crippen LogP contribution < -0.4 is 16.4 Å². The number of benzene rings is 2. The van der Waals surface area contributed by atoms with Crippen molar-refractivity contribution in [1.82, 2.24) is 15.2 Å². The number of aromatic nitrogens is 1. The van der Waals surface area contributed by atoms with Crippen molar-refractivity contribution in [1.29, 1.82) is 0 Å². The van der Waals surface area contributed by atoms with Gasteiger partial charge in [-0.25, -0.2) is 4.99 Å². The third-order valence-electron chi connectivity index (χ3n) is 6.28. The number of hydrogen-bond donors (Lipinski definition) is 3. The number of rotatable bonds is 9. The van der Waals surface area contributed by atoms with Gasteiger partial charge in [-0.05, 0) is 56.7 Å². The predicted molar refractivity (Wildman–Crippen MR) is 154 cm³/mol. The maximum absolute atomic E-state index is 13.0. The first kappa shape index (κ1) is 26.9. The maximum Gasteiger partial charge on any atom is 0.300 e. The van der Waals surface area contributed by atoms with E-state index in [-0.39, 0.29) is 5.91 Å². The molecule has 1 saturated heterocycles. The molecule has 1 amide bonds. The van der Waals surface area contributed by atoms with Crippen molar-refractivity contribution in [2.75, 3.05) is 31.5 Å². The van der Waals surface area contributed by atoms with Gasteiger partial charge in [0.05, 0.1) is 11.4 Å². The molecule has 0 aliphatic carbocycles. The molecule has 38 heavy (non-hydrogen) atoms. The molecule has 8 heteroatoms. The van der Waals surface area contributed by atoms with Crippen LogP contribution in [0.5, 0.6) is 0 Å².